The van der Waals surface area contributed by atoms with Crippen molar-refractivity contribution in [3.05, 3.63) is 71.3 Å². The van der Waals surface area contributed by atoms with Crippen LogP contribution in [0.2, 0.25) is 0 Å². The van der Waals surface area contributed by atoms with Gasteiger partial charge in [0.25, 0.3) is 0 Å². The average molecular weight is 261 g/mol. The summed E-state index contributed by atoms with van der Waals surface area (Å²) in [6.45, 7) is 0.633. The van der Waals surface area contributed by atoms with Gasteiger partial charge in [0, 0.05) is 17.2 Å². The maximum atomic E-state index is 5.99. The van der Waals surface area contributed by atoms with E-state index in [0.29, 0.717) is 6.61 Å². The molecule has 0 aromatic heterocycles. The highest BCUT2D eigenvalue weighted by molar-refractivity contribution is 5.62. The molecule has 1 radical (unpaired) electrons. The second-order valence-corrected chi connectivity index (χ2v) is 4.86. The summed E-state index contributed by atoms with van der Waals surface area (Å²) < 4.78 is 11.6. The Morgan fingerprint density at radius 2 is 2.10 bits per heavy atom. The molecule has 97 valence electrons. The number of benzene rings is 2. The van der Waals surface area contributed by atoms with Crippen LogP contribution < -0.4 is 9.47 Å². The van der Waals surface area contributed by atoms with Crippen molar-refractivity contribution in [3.8, 4) is 11.5 Å². The number of ether oxygens (including phenoxy) is 2. The van der Waals surface area contributed by atoms with E-state index in [1.807, 2.05) is 24.3 Å². The molecule has 4 rings (SSSR count). The minimum absolute atomic E-state index is 0.0824. The molecule has 0 amide bonds. The zero-order valence-corrected chi connectivity index (χ0v) is 10.9. The molecule has 0 spiro atoms. The largest absolute Gasteiger partial charge is 0.489 e. The zero-order chi connectivity index (χ0) is 13.4. The van der Waals surface area contributed by atoms with Gasteiger partial charge in [-0.15, -0.1) is 0 Å². The van der Waals surface area contributed by atoms with Crippen LogP contribution in [0.4, 0.5) is 0 Å². The molecule has 2 aliphatic heterocycles. The molecule has 0 N–H and O–H groups in total. The Morgan fingerprint density at radius 1 is 1.10 bits per heavy atom. The van der Waals surface area contributed by atoms with Crippen LogP contribution in [0.1, 0.15) is 22.8 Å². The Hall–Kier alpha value is -2.48. The van der Waals surface area contributed by atoms with Crippen molar-refractivity contribution in [2.24, 2.45) is 0 Å². The molecule has 1 atom stereocenters. The molecular formula is C18H13O2. The second kappa shape index (κ2) is 4.57. The second-order valence-electron chi connectivity index (χ2n) is 4.86. The molecule has 2 aromatic carbocycles. The molecule has 2 aliphatic rings. The highest BCUT2D eigenvalue weighted by Gasteiger charge is 2.18. The van der Waals surface area contributed by atoms with E-state index >= 15 is 0 Å². The summed E-state index contributed by atoms with van der Waals surface area (Å²) in [6, 6.07) is 15.2. The fourth-order valence-corrected chi connectivity index (χ4v) is 2.51. The van der Waals surface area contributed by atoms with Crippen LogP contribution >= 0.6 is 0 Å². The van der Waals surface area contributed by atoms with Gasteiger partial charge in [0.05, 0.1) is 0 Å². The van der Waals surface area contributed by atoms with Gasteiger partial charge < -0.3 is 9.47 Å². The molecule has 2 nitrogen and oxygen atoms in total. The van der Waals surface area contributed by atoms with Gasteiger partial charge in [-0.2, -0.15) is 0 Å². The summed E-state index contributed by atoms with van der Waals surface area (Å²) in [4.78, 5) is 0. The van der Waals surface area contributed by atoms with Crippen molar-refractivity contribution < 1.29 is 9.47 Å². The van der Waals surface area contributed by atoms with Crippen LogP contribution in [0.5, 0.6) is 11.5 Å². The number of hydrogen-bond donors (Lipinski definition) is 0. The van der Waals surface area contributed by atoms with Crippen LogP contribution in [-0.2, 0) is 0 Å². The number of rotatable bonds is 1. The molecule has 0 saturated heterocycles. The van der Waals surface area contributed by atoms with Crippen LogP contribution in [-0.4, -0.2) is 6.61 Å². The summed E-state index contributed by atoms with van der Waals surface area (Å²) in [5.41, 5.74) is 3.28. The fourth-order valence-electron chi connectivity index (χ4n) is 2.51. The molecule has 0 saturated carbocycles. The lowest BCUT2D eigenvalue weighted by molar-refractivity contribution is 0.250. The lowest BCUT2D eigenvalue weighted by Crippen LogP contribution is -2.10. The summed E-state index contributed by atoms with van der Waals surface area (Å²) in [5, 5.41) is 0. The van der Waals surface area contributed by atoms with Gasteiger partial charge in [-0.1, -0.05) is 42.5 Å². The smallest absolute Gasteiger partial charge is 0.142 e. The van der Waals surface area contributed by atoms with Crippen molar-refractivity contribution in [1.82, 2.24) is 0 Å². The normalized spacial score (nSPS) is 18.7. The predicted octanol–water partition coefficient (Wildman–Crippen LogP) is 4.04. The molecule has 20 heavy (non-hydrogen) atoms. The van der Waals surface area contributed by atoms with Gasteiger partial charge in [0.1, 0.15) is 24.2 Å². The first-order valence-electron chi connectivity index (χ1n) is 6.69. The zero-order valence-electron chi connectivity index (χ0n) is 10.9. The van der Waals surface area contributed by atoms with Gasteiger partial charge in [-0.25, -0.2) is 0 Å². The third kappa shape index (κ3) is 1.90. The van der Waals surface area contributed by atoms with Gasteiger partial charge in [0.2, 0.25) is 0 Å². The summed E-state index contributed by atoms with van der Waals surface area (Å²) >= 11 is 0. The third-order valence-electron chi connectivity index (χ3n) is 3.54. The highest BCUT2D eigenvalue weighted by Crippen LogP contribution is 2.34. The molecule has 2 aromatic rings. The quantitative estimate of drug-likeness (QED) is 0.771. The number of fused-ring (bicyclic) bond motifs is 2. The number of para-hydroxylation sites is 1. The minimum Gasteiger partial charge on any atom is -0.489 e. The fraction of sp³-hybridized carbons (Fsp3) is 0.111. The van der Waals surface area contributed by atoms with Crippen molar-refractivity contribution in [1.29, 1.82) is 0 Å². The first-order valence-corrected chi connectivity index (χ1v) is 6.69. The van der Waals surface area contributed by atoms with E-state index in [-0.39, 0.29) is 6.10 Å². The lowest BCUT2D eigenvalue weighted by Gasteiger charge is -2.22. The lowest BCUT2D eigenvalue weighted by atomic mass is 10.0. The van der Waals surface area contributed by atoms with Crippen molar-refractivity contribution in [2.45, 2.75) is 6.10 Å². The van der Waals surface area contributed by atoms with E-state index in [1.54, 1.807) is 0 Å². The van der Waals surface area contributed by atoms with Crippen LogP contribution in [0.15, 0.2) is 48.6 Å². The Balaban J connectivity index is 1.68. The summed E-state index contributed by atoms with van der Waals surface area (Å²) in [7, 11) is 0. The molecule has 0 aliphatic carbocycles. The van der Waals surface area contributed by atoms with E-state index in [9.17, 15) is 0 Å². The maximum Gasteiger partial charge on any atom is 0.142 e. The van der Waals surface area contributed by atoms with Crippen molar-refractivity contribution in [2.75, 3.05) is 6.61 Å². The topological polar surface area (TPSA) is 18.5 Å². The Bertz CT molecular complexity index is 713. The first kappa shape index (κ1) is 11.4. The predicted molar refractivity (Wildman–Crippen MR) is 78.7 cm³/mol. The third-order valence-corrected chi connectivity index (χ3v) is 3.54. The summed E-state index contributed by atoms with van der Waals surface area (Å²) in [5.74, 6) is 1.73. The molecule has 0 bridgehead atoms. The van der Waals surface area contributed by atoms with Crippen molar-refractivity contribution in [3.63, 3.8) is 0 Å². The maximum absolute atomic E-state index is 5.99. The first-order chi connectivity index (χ1) is 9.90. The van der Waals surface area contributed by atoms with Gasteiger partial charge in [0.15, 0.2) is 0 Å². The molecule has 0 fully saturated rings. The van der Waals surface area contributed by atoms with E-state index in [1.165, 1.54) is 0 Å². The SMILES string of the molecule is [c]1cccc2c1OC(c1ccc3c(c1)OCC=C3)C=C2. The Kier molecular flexibility index (Phi) is 2.59. The number of hydrogen-bond acceptors (Lipinski definition) is 2. The Morgan fingerprint density at radius 3 is 3.10 bits per heavy atom. The van der Waals surface area contributed by atoms with E-state index < -0.39 is 0 Å². The van der Waals surface area contributed by atoms with Gasteiger partial charge >= 0.3 is 0 Å². The molecular weight excluding hydrogens is 248 g/mol. The van der Waals surface area contributed by atoms with Crippen molar-refractivity contribution >= 4 is 12.2 Å². The average Bonchev–Trinajstić information content (AvgIpc) is 2.54. The highest BCUT2D eigenvalue weighted by atomic mass is 16.5. The van der Waals surface area contributed by atoms with Crippen LogP contribution in [0.3, 0.4) is 0 Å². The van der Waals surface area contributed by atoms with Gasteiger partial charge in [-0.05, 0) is 23.8 Å². The molecule has 2 heteroatoms. The van der Waals surface area contributed by atoms with Crippen LogP contribution in [0, 0.1) is 6.07 Å². The van der Waals surface area contributed by atoms with E-state index in [4.69, 9.17) is 9.47 Å². The van der Waals surface area contributed by atoms with E-state index in [2.05, 4.69) is 42.5 Å². The summed E-state index contributed by atoms with van der Waals surface area (Å²) in [6.07, 6.45) is 8.17. The van der Waals surface area contributed by atoms with Gasteiger partial charge in [-0.3, -0.25) is 0 Å². The van der Waals surface area contributed by atoms with E-state index in [0.717, 1.165) is 28.2 Å². The monoisotopic (exact) mass is 261 g/mol. The molecule has 1 unspecified atom stereocenters. The molecule has 2 heterocycles. The van der Waals surface area contributed by atoms with Crippen LogP contribution in [0.25, 0.3) is 12.2 Å². The minimum atomic E-state index is -0.0824. The standard InChI is InChI=1S/C18H13O2/c1-2-6-16-13(4-1)9-10-17(20-16)15-8-7-14-5-3-11-19-18(14)12-15/h1-5,7-10,12,17H,11H2. The Labute approximate surface area is 118 Å².